The van der Waals surface area contributed by atoms with Gasteiger partial charge >= 0.3 is 0 Å². The third-order valence-electron chi connectivity index (χ3n) is 5.72. The van der Waals surface area contributed by atoms with Gasteiger partial charge in [0.1, 0.15) is 0 Å². The number of hydrogen-bond donors (Lipinski definition) is 2. The van der Waals surface area contributed by atoms with E-state index in [1.54, 1.807) is 0 Å². The van der Waals surface area contributed by atoms with E-state index in [-0.39, 0.29) is 0 Å². The van der Waals surface area contributed by atoms with E-state index in [4.69, 9.17) is 9.73 Å². The maximum Gasteiger partial charge on any atom is 0.194 e. The molecule has 6 heteroatoms. The quantitative estimate of drug-likeness (QED) is 0.556. The van der Waals surface area contributed by atoms with Gasteiger partial charge in [0.15, 0.2) is 5.96 Å². The van der Waals surface area contributed by atoms with Crippen molar-refractivity contribution < 1.29 is 9.84 Å². The Morgan fingerprint density at radius 2 is 2.04 bits per heavy atom. The predicted octanol–water partition coefficient (Wildman–Crippen LogP) is 2.49. The van der Waals surface area contributed by atoms with E-state index in [9.17, 15) is 5.11 Å². The van der Waals surface area contributed by atoms with Gasteiger partial charge < -0.3 is 20.1 Å². The second kappa shape index (κ2) is 9.47. The first kappa shape index (κ1) is 19.3. The summed E-state index contributed by atoms with van der Waals surface area (Å²) in [6, 6.07) is 0. The Balaban J connectivity index is 1.44. The van der Waals surface area contributed by atoms with Gasteiger partial charge in [-0.3, -0.25) is 4.99 Å². The fourth-order valence-corrected chi connectivity index (χ4v) is 5.34. The maximum absolute atomic E-state index is 10.5. The molecule has 0 aromatic heterocycles. The largest absolute Gasteiger partial charge is 0.387 e. The fraction of sp³-hybridized carbons (Fsp3) is 0.947. The topological polar surface area (TPSA) is 57.1 Å². The van der Waals surface area contributed by atoms with E-state index in [0.29, 0.717) is 12.6 Å². The van der Waals surface area contributed by atoms with Crippen molar-refractivity contribution in [2.24, 2.45) is 10.9 Å². The molecule has 1 aliphatic carbocycles. The lowest BCUT2D eigenvalue weighted by Gasteiger charge is -2.35. The standard InChI is InChI=1S/C19H35N3O2S/c1-2-20-18(21-14-19(23)9-12-25-15-19)22-10-7-17(8-11-22)24-13-16-5-3-4-6-16/h16-17,23H,2-15H2,1H3,(H,20,21). The predicted molar refractivity (Wildman–Crippen MR) is 105 cm³/mol. The molecule has 5 nitrogen and oxygen atoms in total. The number of aliphatic hydroxyl groups is 1. The van der Waals surface area contributed by atoms with Gasteiger partial charge in [-0.25, -0.2) is 0 Å². The maximum atomic E-state index is 10.5. The van der Waals surface area contributed by atoms with Crippen LogP contribution in [0.5, 0.6) is 0 Å². The van der Waals surface area contributed by atoms with Gasteiger partial charge in [-0.05, 0) is 50.7 Å². The van der Waals surface area contributed by atoms with E-state index < -0.39 is 5.60 Å². The molecule has 0 spiro atoms. The minimum atomic E-state index is -0.603. The summed E-state index contributed by atoms with van der Waals surface area (Å²) >= 11 is 1.83. The molecule has 0 bridgehead atoms. The molecule has 1 saturated carbocycles. The summed E-state index contributed by atoms with van der Waals surface area (Å²) in [5.74, 6) is 3.63. The smallest absolute Gasteiger partial charge is 0.194 e. The van der Waals surface area contributed by atoms with E-state index in [1.807, 2.05) is 11.8 Å². The second-order valence-corrected chi connectivity index (χ2v) is 8.97. The number of piperidine rings is 1. The van der Waals surface area contributed by atoms with Crippen LogP contribution in [0.4, 0.5) is 0 Å². The number of nitrogens with one attached hydrogen (secondary N) is 1. The molecule has 144 valence electrons. The number of likely N-dealkylation sites (tertiary alicyclic amines) is 1. The van der Waals surface area contributed by atoms with Crippen LogP contribution in [0.1, 0.15) is 51.9 Å². The minimum Gasteiger partial charge on any atom is -0.387 e. The lowest BCUT2D eigenvalue weighted by atomic mass is 10.0. The van der Waals surface area contributed by atoms with Gasteiger partial charge in [-0.15, -0.1) is 0 Å². The van der Waals surface area contributed by atoms with Crippen LogP contribution in [0.2, 0.25) is 0 Å². The average molecular weight is 370 g/mol. The van der Waals surface area contributed by atoms with Crippen LogP contribution in [0, 0.1) is 5.92 Å². The van der Waals surface area contributed by atoms with Crippen LogP contribution >= 0.6 is 11.8 Å². The molecule has 0 aromatic carbocycles. The van der Waals surface area contributed by atoms with Crippen molar-refractivity contribution in [2.75, 3.05) is 44.3 Å². The summed E-state index contributed by atoms with van der Waals surface area (Å²) in [5, 5.41) is 13.9. The molecule has 25 heavy (non-hydrogen) atoms. The molecule has 1 atom stereocenters. The first-order chi connectivity index (χ1) is 12.2. The Kier molecular flexibility index (Phi) is 7.31. The molecule has 2 saturated heterocycles. The first-order valence-corrected chi connectivity index (χ1v) is 11.3. The van der Waals surface area contributed by atoms with E-state index in [2.05, 4.69) is 17.1 Å². The summed E-state index contributed by atoms with van der Waals surface area (Å²) in [6.07, 6.45) is 8.93. The molecule has 3 aliphatic rings. The molecule has 3 rings (SSSR count). The molecule has 0 aromatic rings. The fourth-order valence-electron chi connectivity index (χ4n) is 4.05. The van der Waals surface area contributed by atoms with Crippen molar-refractivity contribution in [3.05, 3.63) is 0 Å². The molecular weight excluding hydrogens is 334 g/mol. The number of rotatable bonds is 6. The summed E-state index contributed by atoms with van der Waals surface area (Å²) in [4.78, 5) is 7.09. The minimum absolute atomic E-state index is 0.412. The van der Waals surface area contributed by atoms with Crippen LogP contribution in [0.3, 0.4) is 0 Å². The number of aliphatic imine (C=N–C) groups is 1. The first-order valence-electron chi connectivity index (χ1n) is 10.1. The van der Waals surface area contributed by atoms with Crippen molar-refractivity contribution >= 4 is 17.7 Å². The zero-order valence-corrected chi connectivity index (χ0v) is 16.5. The van der Waals surface area contributed by atoms with Gasteiger partial charge in [0, 0.05) is 32.0 Å². The van der Waals surface area contributed by atoms with Crippen LogP contribution in [0.15, 0.2) is 4.99 Å². The van der Waals surface area contributed by atoms with Gasteiger partial charge in [0.25, 0.3) is 0 Å². The van der Waals surface area contributed by atoms with Gasteiger partial charge in [0.05, 0.1) is 18.2 Å². The molecule has 2 N–H and O–H groups in total. The van der Waals surface area contributed by atoms with E-state index in [1.165, 1.54) is 25.7 Å². The number of hydrogen-bond acceptors (Lipinski definition) is 4. The van der Waals surface area contributed by atoms with Crippen LogP contribution in [-0.4, -0.2) is 72.0 Å². The van der Waals surface area contributed by atoms with Gasteiger partial charge in [0.2, 0.25) is 0 Å². The van der Waals surface area contributed by atoms with Crippen molar-refractivity contribution in [2.45, 2.75) is 63.6 Å². The van der Waals surface area contributed by atoms with Crippen LogP contribution < -0.4 is 5.32 Å². The molecule has 0 radical (unpaired) electrons. The Morgan fingerprint density at radius 1 is 1.28 bits per heavy atom. The molecule has 1 unspecified atom stereocenters. The summed E-state index contributed by atoms with van der Waals surface area (Å²) < 4.78 is 6.18. The lowest BCUT2D eigenvalue weighted by molar-refractivity contribution is 0.000893. The Hall–Kier alpha value is -0.460. The number of nitrogens with zero attached hydrogens (tertiary/aromatic N) is 2. The Labute approximate surface area is 157 Å². The Bertz CT molecular complexity index is 426. The normalized spacial score (nSPS) is 29.5. The summed E-state index contributed by atoms with van der Waals surface area (Å²) in [5.41, 5.74) is -0.603. The molecule has 2 heterocycles. The molecule has 3 fully saturated rings. The highest BCUT2D eigenvalue weighted by atomic mass is 32.2. The number of guanidine groups is 1. The third-order valence-corrected chi connectivity index (χ3v) is 6.96. The van der Waals surface area contributed by atoms with Gasteiger partial charge in [-0.1, -0.05) is 12.8 Å². The van der Waals surface area contributed by atoms with Crippen molar-refractivity contribution in [3.63, 3.8) is 0 Å². The van der Waals surface area contributed by atoms with E-state index >= 15 is 0 Å². The molecular formula is C19H35N3O2S. The highest BCUT2D eigenvalue weighted by Gasteiger charge is 2.32. The van der Waals surface area contributed by atoms with Crippen molar-refractivity contribution in [1.82, 2.24) is 10.2 Å². The Morgan fingerprint density at radius 3 is 2.68 bits per heavy atom. The van der Waals surface area contributed by atoms with Gasteiger partial charge in [-0.2, -0.15) is 11.8 Å². The average Bonchev–Trinajstić information content (AvgIpc) is 3.29. The van der Waals surface area contributed by atoms with Crippen molar-refractivity contribution in [1.29, 1.82) is 0 Å². The van der Waals surface area contributed by atoms with Crippen LogP contribution in [0.25, 0.3) is 0 Å². The monoisotopic (exact) mass is 369 g/mol. The lowest BCUT2D eigenvalue weighted by Crippen LogP contribution is -2.48. The molecule has 0 amide bonds. The zero-order chi connectivity index (χ0) is 17.5. The molecule has 2 aliphatic heterocycles. The van der Waals surface area contributed by atoms with E-state index in [0.717, 1.165) is 68.9 Å². The van der Waals surface area contributed by atoms with Crippen molar-refractivity contribution in [3.8, 4) is 0 Å². The number of ether oxygens (including phenoxy) is 1. The SMILES string of the molecule is CCNC(=NCC1(O)CCSC1)N1CCC(OCC2CCCC2)CC1. The summed E-state index contributed by atoms with van der Waals surface area (Å²) in [7, 11) is 0. The summed E-state index contributed by atoms with van der Waals surface area (Å²) in [6.45, 7) is 6.43. The van der Waals surface area contributed by atoms with Crippen LogP contribution in [-0.2, 0) is 4.74 Å². The highest BCUT2D eigenvalue weighted by molar-refractivity contribution is 7.99. The highest BCUT2D eigenvalue weighted by Crippen LogP contribution is 2.28. The second-order valence-electron chi connectivity index (χ2n) is 7.87. The zero-order valence-electron chi connectivity index (χ0n) is 15.7. The third kappa shape index (κ3) is 5.76. The number of thioether (sulfide) groups is 1.